The Kier molecular flexibility index (Phi) is 5.42. The minimum atomic E-state index is -0.479. The highest BCUT2D eigenvalue weighted by molar-refractivity contribution is 5.88. The Morgan fingerprint density at radius 1 is 1.31 bits per heavy atom. The van der Waals surface area contributed by atoms with Gasteiger partial charge in [0.1, 0.15) is 6.54 Å². The second kappa shape index (κ2) is 7.74. The fourth-order valence-corrected chi connectivity index (χ4v) is 3.45. The number of fused-ring (bicyclic) bond motifs is 1. The molecule has 1 aromatic carbocycles. The Morgan fingerprint density at radius 2 is 2.04 bits per heavy atom. The second-order valence-electron chi connectivity index (χ2n) is 6.79. The van der Waals surface area contributed by atoms with Gasteiger partial charge < -0.3 is 19.9 Å². The first-order valence-corrected chi connectivity index (χ1v) is 8.87. The van der Waals surface area contributed by atoms with Crippen molar-refractivity contribution in [1.29, 1.82) is 0 Å². The zero-order valence-electron chi connectivity index (χ0n) is 15.1. The number of aromatic nitrogens is 1. The molecule has 6 heteroatoms. The van der Waals surface area contributed by atoms with Gasteiger partial charge in [-0.1, -0.05) is 24.8 Å². The van der Waals surface area contributed by atoms with Crippen LogP contribution >= 0.6 is 0 Å². The SMILES string of the molecule is C=CC(=O)NC1(CNC(=O)Cn2c(C)cc3ccccc32)CCOCC1. The maximum Gasteiger partial charge on any atom is 0.243 e. The van der Waals surface area contributed by atoms with Crippen molar-refractivity contribution in [2.75, 3.05) is 19.8 Å². The predicted octanol–water partition coefficient (Wildman–Crippen LogP) is 1.92. The van der Waals surface area contributed by atoms with Crippen molar-refractivity contribution in [1.82, 2.24) is 15.2 Å². The third-order valence-corrected chi connectivity index (χ3v) is 4.97. The molecular weight excluding hydrogens is 330 g/mol. The van der Waals surface area contributed by atoms with E-state index >= 15 is 0 Å². The van der Waals surface area contributed by atoms with Crippen LogP contribution in [0, 0.1) is 6.92 Å². The molecule has 0 aliphatic carbocycles. The number of aryl methyl sites for hydroxylation is 1. The molecule has 0 saturated carbocycles. The minimum absolute atomic E-state index is 0.0758. The number of hydrogen-bond donors (Lipinski definition) is 2. The molecule has 1 fully saturated rings. The summed E-state index contributed by atoms with van der Waals surface area (Å²) in [7, 11) is 0. The van der Waals surface area contributed by atoms with Gasteiger partial charge in [0.2, 0.25) is 11.8 Å². The Balaban J connectivity index is 1.67. The van der Waals surface area contributed by atoms with E-state index in [2.05, 4.69) is 23.3 Å². The first kappa shape index (κ1) is 18.2. The summed E-state index contributed by atoms with van der Waals surface area (Å²) in [5, 5.41) is 7.09. The van der Waals surface area contributed by atoms with Gasteiger partial charge in [-0.15, -0.1) is 0 Å². The molecule has 2 heterocycles. The van der Waals surface area contributed by atoms with Crippen LogP contribution in [0.4, 0.5) is 0 Å². The molecule has 1 aromatic heterocycles. The van der Waals surface area contributed by atoms with Crippen molar-refractivity contribution < 1.29 is 14.3 Å². The van der Waals surface area contributed by atoms with E-state index in [0.29, 0.717) is 32.6 Å². The number of carbonyl (C=O) groups is 2. The van der Waals surface area contributed by atoms with Crippen molar-refractivity contribution in [2.24, 2.45) is 0 Å². The van der Waals surface area contributed by atoms with Crippen LogP contribution in [0.1, 0.15) is 18.5 Å². The molecule has 0 spiro atoms. The van der Waals surface area contributed by atoms with Gasteiger partial charge in [0.25, 0.3) is 0 Å². The highest BCUT2D eigenvalue weighted by Crippen LogP contribution is 2.21. The van der Waals surface area contributed by atoms with Gasteiger partial charge in [-0.3, -0.25) is 9.59 Å². The van der Waals surface area contributed by atoms with Crippen molar-refractivity contribution in [3.63, 3.8) is 0 Å². The maximum absolute atomic E-state index is 12.6. The van der Waals surface area contributed by atoms with Crippen LogP contribution in [0.25, 0.3) is 10.9 Å². The first-order valence-electron chi connectivity index (χ1n) is 8.87. The van der Waals surface area contributed by atoms with Gasteiger partial charge in [0.15, 0.2) is 0 Å². The van der Waals surface area contributed by atoms with Gasteiger partial charge >= 0.3 is 0 Å². The molecule has 0 radical (unpaired) electrons. The molecule has 2 aromatic rings. The summed E-state index contributed by atoms with van der Waals surface area (Å²) < 4.78 is 7.41. The lowest BCUT2D eigenvalue weighted by Crippen LogP contribution is -2.58. The topological polar surface area (TPSA) is 72.4 Å². The van der Waals surface area contributed by atoms with Crippen LogP contribution in [0.5, 0.6) is 0 Å². The fraction of sp³-hybridized carbons (Fsp3) is 0.400. The quantitative estimate of drug-likeness (QED) is 0.778. The molecule has 1 saturated heterocycles. The van der Waals surface area contributed by atoms with Crippen molar-refractivity contribution in [2.45, 2.75) is 31.8 Å². The molecule has 6 nitrogen and oxygen atoms in total. The van der Waals surface area contributed by atoms with Crippen LogP contribution in [-0.4, -0.2) is 41.7 Å². The summed E-state index contributed by atoms with van der Waals surface area (Å²) in [6.45, 7) is 7.27. The van der Waals surface area contributed by atoms with Gasteiger partial charge in [-0.2, -0.15) is 0 Å². The van der Waals surface area contributed by atoms with Gasteiger partial charge in [0, 0.05) is 31.0 Å². The van der Waals surface area contributed by atoms with E-state index in [1.54, 1.807) is 0 Å². The number of amides is 2. The predicted molar refractivity (Wildman–Crippen MR) is 101 cm³/mol. The van der Waals surface area contributed by atoms with Crippen LogP contribution < -0.4 is 10.6 Å². The summed E-state index contributed by atoms with van der Waals surface area (Å²) in [4.78, 5) is 24.3. The number of benzene rings is 1. The highest BCUT2D eigenvalue weighted by atomic mass is 16.5. The summed E-state index contributed by atoms with van der Waals surface area (Å²) in [5.74, 6) is -0.304. The normalized spacial score (nSPS) is 16.2. The van der Waals surface area contributed by atoms with E-state index in [4.69, 9.17) is 4.74 Å². The van der Waals surface area contributed by atoms with E-state index in [-0.39, 0.29) is 18.4 Å². The zero-order chi connectivity index (χ0) is 18.6. The van der Waals surface area contributed by atoms with Crippen LogP contribution in [0.2, 0.25) is 0 Å². The first-order chi connectivity index (χ1) is 12.5. The third kappa shape index (κ3) is 3.96. The average molecular weight is 355 g/mol. The number of ether oxygens (including phenoxy) is 1. The lowest BCUT2D eigenvalue weighted by molar-refractivity contribution is -0.124. The van der Waals surface area contributed by atoms with E-state index in [1.807, 2.05) is 35.8 Å². The molecule has 0 unspecified atom stereocenters. The van der Waals surface area contributed by atoms with Crippen LogP contribution in [0.15, 0.2) is 43.0 Å². The lowest BCUT2D eigenvalue weighted by atomic mass is 9.89. The molecular formula is C20H25N3O3. The molecule has 1 aliphatic rings. The van der Waals surface area contributed by atoms with E-state index in [9.17, 15) is 9.59 Å². The van der Waals surface area contributed by atoms with E-state index in [0.717, 1.165) is 16.6 Å². The number of hydrogen-bond acceptors (Lipinski definition) is 3. The molecule has 1 aliphatic heterocycles. The Hall–Kier alpha value is -2.60. The zero-order valence-corrected chi connectivity index (χ0v) is 15.1. The van der Waals surface area contributed by atoms with Gasteiger partial charge in [0.05, 0.1) is 5.54 Å². The van der Waals surface area contributed by atoms with Crippen LogP contribution in [-0.2, 0) is 20.9 Å². The average Bonchev–Trinajstić information content (AvgIpc) is 2.96. The van der Waals surface area contributed by atoms with E-state index in [1.165, 1.54) is 6.08 Å². The van der Waals surface area contributed by atoms with Crippen molar-refractivity contribution in [3.05, 3.63) is 48.7 Å². The number of carbonyl (C=O) groups excluding carboxylic acids is 2. The monoisotopic (exact) mass is 355 g/mol. The number of rotatable bonds is 6. The number of nitrogens with zero attached hydrogens (tertiary/aromatic N) is 1. The number of nitrogens with one attached hydrogen (secondary N) is 2. The van der Waals surface area contributed by atoms with E-state index < -0.39 is 5.54 Å². The molecule has 138 valence electrons. The smallest absolute Gasteiger partial charge is 0.243 e. The van der Waals surface area contributed by atoms with Crippen molar-refractivity contribution in [3.8, 4) is 0 Å². The third-order valence-electron chi connectivity index (χ3n) is 4.97. The molecule has 2 amide bonds. The molecule has 2 N–H and O–H groups in total. The summed E-state index contributed by atoms with van der Waals surface area (Å²) >= 11 is 0. The fourth-order valence-electron chi connectivity index (χ4n) is 3.45. The molecule has 0 atom stereocenters. The Labute approximate surface area is 153 Å². The van der Waals surface area contributed by atoms with Crippen molar-refractivity contribution >= 4 is 22.7 Å². The standard InChI is InChI=1S/C20H25N3O3/c1-3-18(24)22-20(8-10-26-11-9-20)14-21-19(25)13-23-15(2)12-16-6-4-5-7-17(16)23/h3-7,12H,1,8-11,13-14H2,2H3,(H,21,25)(H,22,24). The van der Waals surface area contributed by atoms with Crippen LogP contribution in [0.3, 0.4) is 0 Å². The summed E-state index contributed by atoms with van der Waals surface area (Å²) in [6.07, 6.45) is 2.59. The molecule has 3 rings (SSSR count). The lowest BCUT2D eigenvalue weighted by Gasteiger charge is -2.37. The Bertz CT molecular complexity index is 819. The Morgan fingerprint density at radius 3 is 2.77 bits per heavy atom. The highest BCUT2D eigenvalue weighted by Gasteiger charge is 2.34. The molecule has 0 bridgehead atoms. The molecule has 26 heavy (non-hydrogen) atoms. The summed E-state index contributed by atoms with van der Waals surface area (Å²) in [5.41, 5.74) is 1.61. The summed E-state index contributed by atoms with van der Waals surface area (Å²) in [6, 6.07) is 10.1. The second-order valence-corrected chi connectivity index (χ2v) is 6.79. The minimum Gasteiger partial charge on any atom is -0.381 e. The van der Waals surface area contributed by atoms with Gasteiger partial charge in [-0.25, -0.2) is 0 Å². The largest absolute Gasteiger partial charge is 0.381 e. The number of para-hydroxylation sites is 1. The maximum atomic E-state index is 12.6. The van der Waals surface area contributed by atoms with Gasteiger partial charge in [-0.05, 0) is 43.4 Å².